The smallest absolute Gasteiger partial charge is 0.264 e. The number of anilines is 1. The third-order valence-corrected chi connectivity index (χ3v) is 2.98. The Kier molecular flexibility index (Phi) is 5.73. The van der Waals surface area contributed by atoms with Gasteiger partial charge in [0, 0.05) is 5.69 Å². The van der Waals surface area contributed by atoms with E-state index in [0.29, 0.717) is 12.1 Å². The predicted molar refractivity (Wildman–Crippen MR) is 68.4 cm³/mol. The van der Waals surface area contributed by atoms with Crippen molar-refractivity contribution in [1.29, 1.82) is 0 Å². The van der Waals surface area contributed by atoms with E-state index in [1.54, 1.807) is 18.2 Å². The van der Waals surface area contributed by atoms with E-state index in [-0.39, 0.29) is 12.5 Å². The van der Waals surface area contributed by atoms with Crippen molar-refractivity contribution in [3.63, 3.8) is 0 Å². The quantitative estimate of drug-likeness (QED) is 0.579. The lowest BCUT2D eigenvalue weighted by atomic mass is 10.1. The zero-order valence-electron chi connectivity index (χ0n) is 9.79. The molecule has 0 saturated carbocycles. The maximum Gasteiger partial charge on any atom is 0.264 e. The number of nitrogens with one attached hydrogen (secondary N) is 1. The highest BCUT2D eigenvalue weighted by molar-refractivity contribution is 7.86. The summed E-state index contributed by atoms with van der Waals surface area (Å²) in [5.74, 6) is -0.163. The zero-order chi connectivity index (χ0) is 13.6. The molecule has 1 unspecified atom stereocenters. The molecular weight excluding hydrogens is 278 g/mol. The van der Waals surface area contributed by atoms with E-state index < -0.39 is 21.2 Å². The van der Waals surface area contributed by atoms with Crippen LogP contribution in [0.25, 0.3) is 0 Å². The van der Waals surface area contributed by atoms with Gasteiger partial charge in [0.15, 0.2) is 0 Å². The first-order valence-corrected chi connectivity index (χ1v) is 8.16. The summed E-state index contributed by atoms with van der Waals surface area (Å²) < 4.78 is 46.9. The molecule has 8 heteroatoms. The minimum atomic E-state index is -3.42. The Morgan fingerprint density at radius 2 is 2.17 bits per heavy atom. The van der Waals surface area contributed by atoms with Crippen LogP contribution in [-0.2, 0) is 31.8 Å². The Labute approximate surface area is 109 Å². The van der Waals surface area contributed by atoms with Gasteiger partial charge in [-0.15, -0.1) is 0 Å². The van der Waals surface area contributed by atoms with Crippen LogP contribution in [-0.4, -0.2) is 35.9 Å². The Bertz CT molecular complexity index is 515. The van der Waals surface area contributed by atoms with Crippen LogP contribution in [0.5, 0.6) is 0 Å². The molecule has 1 rings (SSSR count). The van der Waals surface area contributed by atoms with E-state index in [9.17, 15) is 17.2 Å². The Balaban J connectivity index is 2.51. The van der Waals surface area contributed by atoms with Crippen molar-refractivity contribution in [2.75, 3.05) is 24.1 Å². The van der Waals surface area contributed by atoms with Crippen molar-refractivity contribution in [3.8, 4) is 0 Å². The third-order valence-electron chi connectivity index (χ3n) is 2.01. The lowest BCUT2D eigenvalue weighted by molar-refractivity contribution is 0.326. The average Bonchev–Trinajstić information content (AvgIpc) is 2.25. The molecule has 0 aliphatic heterocycles. The highest BCUT2D eigenvalue weighted by Crippen LogP contribution is 2.11. The van der Waals surface area contributed by atoms with Gasteiger partial charge >= 0.3 is 0 Å². The summed E-state index contributed by atoms with van der Waals surface area (Å²) in [5.41, 5.74) is 1.52. The fraction of sp³-hybridized carbons (Fsp3) is 0.400. The summed E-state index contributed by atoms with van der Waals surface area (Å²) in [6.45, 7) is 0.0653. The first-order chi connectivity index (χ1) is 8.37. The molecule has 0 amide bonds. The molecule has 18 heavy (non-hydrogen) atoms. The molecule has 0 aliphatic rings. The zero-order valence-corrected chi connectivity index (χ0v) is 11.4. The molecule has 6 nitrogen and oxygen atoms in total. The van der Waals surface area contributed by atoms with E-state index in [4.69, 9.17) is 0 Å². The molecule has 0 radical (unpaired) electrons. The summed E-state index contributed by atoms with van der Waals surface area (Å²) in [5, 5.41) is 2.72. The Morgan fingerprint density at radius 3 is 2.78 bits per heavy atom. The van der Waals surface area contributed by atoms with Gasteiger partial charge in [-0.05, 0) is 35.2 Å². The van der Waals surface area contributed by atoms with Crippen molar-refractivity contribution in [2.45, 2.75) is 6.42 Å². The molecule has 0 fully saturated rings. The fourth-order valence-corrected chi connectivity index (χ4v) is 1.96. The van der Waals surface area contributed by atoms with E-state index >= 15 is 0 Å². The molecule has 102 valence electrons. The molecule has 0 bridgehead atoms. The van der Waals surface area contributed by atoms with E-state index in [2.05, 4.69) is 9.50 Å². The summed E-state index contributed by atoms with van der Waals surface area (Å²) in [6, 6.07) is 7.04. The van der Waals surface area contributed by atoms with Gasteiger partial charge in [-0.2, -0.15) is 8.42 Å². The molecular formula is C10H14NO5S2-. The third kappa shape index (κ3) is 6.70. The van der Waals surface area contributed by atoms with Crippen molar-refractivity contribution >= 4 is 26.9 Å². The minimum Gasteiger partial charge on any atom is -0.771 e. The Morgan fingerprint density at radius 1 is 1.44 bits per heavy atom. The van der Waals surface area contributed by atoms with E-state index in [0.717, 1.165) is 11.8 Å². The van der Waals surface area contributed by atoms with Gasteiger partial charge < -0.3 is 9.87 Å². The second-order valence-corrected chi connectivity index (χ2v) is 6.14. The number of hydrogen-bond donors (Lipinski definition) is 1. The second-order valence-electron chi connectivity index (χ2n) is 3.60. The molecule has 0 heterocycles. The second kappa shape index (κ2) is 6.83. The number of hydrogen-bond acceptors (Lipinski definition) is 6. The number of rotatable bonds is 7. The SMILES string of the molecule is CS(=O)(=O)OCCc1cccc(NCS(=O)[O-])c1. The van der Waals surface area contributed by atoms with Gasteiger partial charge in [-0.25, -0.2) is 0 Å². The standard InChI is InChI=1S/C10H15NO5S2/c1-18(14,15)16-6-5-9-3-2-4-10(7-9)11-8-17(12)13/h2-4,7,11H,5-6,8H2,1H3,(H,12,13)/p-1. The fourth-order valence-electron chi connectivity index (χ4n) is 1.29. The molecule has 1 aromatic rings. The summed E-state index contributed by atoms with van der Waals surface area (Å²) in [7, 11) is -3.42. The molecule has 1 N–H and O–H groups in total. The topological polar surface area (TPSA) is 95.5 Å². The van der Waals surface area contributed by atoms with E-state index in [1.165, 1.54) is 0 Å². The van der Waals surface area contributed by atoms with Crippen LogP contribution in [0.1, 0.15) is 5.56 Å². The molecule has 0 aromatic heterocycles. The minimum absolute atomic E-state index is 0.0653. The van der Waals surface area contributed by atoms with Crippen LogP contribution >= 0.6 is 0 Å². The predicted octanol–water partition coefficient (Wildman–Crippen LogP) is 0.454. The van der Waals surface area contributed by atoms with Crippen LogP contribution in [0, 0.1) is 0 Å². The Hall–Kier alpha value is -0.960. The first kappa shape index (κ1) is 15.1. The molecule has 1 atom stereocenters. The van der Waals surface area contributed by atoms with Crippen molar-refractivity contribution in [2.24, 2.45) is 0 Å². The molecule has 1 aromatic carbocycles. The normalized spacial score (nSPS) is 13.2. The van der Waals surface area contributed by atoms with Crippen LogP contribution in [0.3, 0.4) is 0 Å². The number of benzene rings is 1. The molecule has 0 aliphatic carbocycles. The summed E-state index contributed by atoms with van der Waals surface area (Å²) in [6.07, 6.45) is 1.43. The van der Waals surface area contributed by atoms with Gasteiger partial charge in [0.2, 0.25) is 0 Å². The lowest BCUT2D eigenvalue weighted by Gasteiger charge is -2.10. The van der Waals surface area contributed by atoms with Crippen LogP contribution in [0.15, 0.2) is 24.3 Å². The molecule has 0 spiro atoms. The highest BCUT2D eigenvalue weighted by Gasteiger charge is 2.02. The largest absolute Gasteiger partial charge is 0.771 e. The van der Waals surface area contributed by atoms with Crippen LogP contribution < -0.4 is 5.32 Å². The molecule has 0 saturated heterocycles. The highest BCUT2D eigenvalue weighted by atomic mass is 32.2. The maximum atomic E-state index is 10.8. The average molecular weight is 292 g/mol. The van der Waals surface area contributed by atoms with Gasteiger partial charge in [-0.1, -0.05) is 12.1 Å². The van der Waals surface area contributed by atoms with E-state index in [1.807, 2.05) is 6.07 Å². The van der Waals surface area contributed by atoms with Gasteiger partial charge in [-0.3, -0.25) is 8.39 Å². The maximum absolute atomic E-state index is 10.8. The lowest BCUT2D eigenvalue weighted by Crippen LogP contribution is -2.08. The van der Waals surface area contributed by atoms with Crippen molar-refractivity contribution < 1.29 is 21.4 Å². The van der Waals surface area contributed by atoms with Gasteiger partial charge in [0.25, 0.3) is 10.1 Å². The van der Waals surface area contributed by atoms with Crippen LogP contribution in [0.4, 0.5) is 5.69 Å². The van der Waals surface area contributed by atoms with Gasteiger partial charge in [0.1, 0.15) is 0 Å². The monoisotopic (exact) mass is 292 g/mol. The van der Waals surface area contributed by atoms with Gasteiger partial charge in [0.05, 0.1) is 18.7 Å². The van der Waals surface area contributed by atoms with Crippen molar-refractivity contribution in [1.82, 2.24) is 0 Å². The summed E-state index contributed by atoms with van der Waals surface area (Å²) >= 11 is -2.15. The summed E-state index contributed by atoms with van der Waals surface area (Å²) in [4.78, 5) is 0. The van der Waals surface area contributed by atoms with Crippen molar-refractivity contribution in [3.05, 3.63) is 29.8 Å². The first-order valence-electron chi connectivity index (χ1n) is 5.10. The van der Waals surface area contributed by atoms with Crippen LogP contribution in [0.2, 0.25) is 0 Å².